The molecule has 0 aromatic heterocycles. The minimum atomic E-state index is -0.698. The zero-order valence-electron chi connectivity index (χ0n) is 14.3. The fraction of sp³-hybridized carbons (Fsp3) is 0.471. The van der Waals surface area contributed by atoms with Crippen LogP contribution in [0.1, 0.15) is 19.8 Å². The summed E-state index contributed by atoms with van der Waals surface area (Å²) in [5.74, 6) is 0.685. The Morgan fingerprint density at radius 1 is 1.28 bits per heavy atom. The van der Waals surface area contributed by atoms with Crippen molar-refractivity contribution in [3.05, 3.63) is 24.3 Å². The minimum Gasteiger partial charge on any atom is -0.497 e. The van der Waals surface area contributed by atoms with Gasteiger partial charge >= 0.3 is 0 Å². The van der Waals surface area contributed by atoms with Gasteiger partial charge in [0.25, 0.3) is 5.91 Å². The lowest BCUT2D eigenvalue weighted by molar-refractivity contribution is -0.130. The van der Waals surface area contributed by atoms with E-state index in [9.17, 15) is 9.59 Å². The summed E-state index contributed by atoms with van der Waals surface area (Å²) in [6.07, 6.45) is 1.56. The number of benzene rings is 1. The van der Waals surface area contributed by atoms with Crippen LogP contribution in [0.2, 0.25) is 0 Å². The van der Waals surface area contributed by atoms with E-state index >= 15 is 0 Å². The Balaban J connectivity index is 1.67. The average Bonchev–Trinajstić information content (AvgIpc) is 3.01. The minimum absolute atomic E-state index is 0.0803. The van der Waals surface area contributed by atoms with Gasteiger partial charge in [-0.25, -0.2) is 5.43 Å². The molecule has 0 aliphatic carbocycles. The topological polar surface area (TPSA) is 95.7 Å². The molecule has 1 saturated heterocycles. The van der Waals surface area contributed by atoms with Gasteiger partial charge in [0.05, 0.1) is 18.5 Å². The number of amides is 2. The Bertz CT molecular complexity index is 705. The molecule has 0 spiro atoms. The van der Waals surface area contributed by atoms with Crippen LogP contribution in [0.5, 0.6) is 5.75 Å². The SMILES string of the molecule is COc1ccc(N=NC2C(=O)NN=C2C2CCN(C(C)=O)CC2)cc1. The Morgan fingerprint density at radius 3 is 2.56 bits per heavy atom. The molecule has 1 atom stereocenters. The van der Waals surface area contributed by atoms with Crippen molar-refractivity contribution < 1.29 is 14.3 Å². The quantitative estimate of drug-likeness (QED) is 0.846. The fourth-order valence-corrected chi connectivity index (χ4v) is 3.07. The van der Waals surface area contributed by atoms with Crippen molar-refractivity contribution >= 4 is 23.2 Å². The molecule has 2 heterocycles. The number of nitrogens with one attached hydrogen (secondary N) is 1. The van der Waals surface area contributed by atoms with Gasteiger partial charge in [-0.2, -0.15) is 15.3 Å². The largest absolute Gasteiger partial charge is 0.497 e. The Morgan fingerprint density at radius 2 is 1.96 bits per heavy atom. The zero-order valence-corrected chi connectivity index (χ0v) is 14.3. The highest BCUT2D eigenvalue weighted by atomic mass is 16.5. The van der Waals surface area contributed by atoms with E-state index in [2.05, 4.69) is 20.8 Å². The normalized spacial score (nSPS) is 21.4. The van der Waals surface area contributed by atoms with Gasteiger partial charge in [-0.1, -0.05) is 0 Å². The molecule has 2 aliphatic heterocycles. The number of methoxy groups -OCH3 is 1. The van der Waals surface area contributed by atoms with Crippen LogP contribution in [-0.2, 0) is 9.59 Å². The van der Waals surface area contributed by atoms with Crippen molar-refractivity contribution in [2.24, 2.45) is 21.2 Å². The second-order valence-electron chi connectivity index (χ2n) is 6.11. The monoisotopic (exact) mass is 343 g/mol. The van der Waals surface area contributed by atoms with Crippen LogP contribution in [0, 0.1) is 5.92 Å². The van der Waals surface area contributed by atoms with E-state index < -0.39 is 6.04 Å². The first-order valence-electron chi connectivity index (χ1n) is 8.26. The molecule has 0 radical (unpaired) electrons. The van der Waals surface area contributed by atoms with Crippen LogP contribution in [0.4, 0.5) is 5.69 Å². The lowest BCUT2D eigenvalue weighted by atomic mass is 9.88. The highest BCUT2D eigenvalue weighted by Gasteiger charge is 2.37. The van der Waals surface area contributed by atoms with Gasteiger partial charge in [-0.15, -0.1) is 0 Å². The van der Waals surface area contributed by atoms with Crippen LogP contribution < -0.4 is 10.2 Å². The van der Waals surface area contributed by atoms with E-state index in [1.807, 2.05) is 4.90 Å². The van der Waals surface area contributed by atoms with Crippen molar-refractivity contribution in [3.63, 3.8) is 0 Å². The first-order valence-corrected chi connectivity index (χ1v) is 8.26. The zero-order chi connectivity index (χ0) is 17.8. The summed E-state index contributed by atoms with van der Waals surface area (Å²) < 4.78 is 5.10. The number of hydrazone groups is 1. The van der Waals surface area contributed by atoms with Crippen LogP contribution in [0.25, 0.3) is 0 Å². The second kappa shape index (κ2) is 7.42. The molecule has 1 N–H and O–H groups in total. The lowest BCUT2D eigenvalue weighted by Crippen LogP contribution is -2.41. The molecule has 2 aliphatic rings. The second-order valence-corrected chi connectivity index (χ2v) is 6.11. The highest BCUT2D eigenvalue weighted by molar-refractivity contribution is 6.12. The third kappa shape index (κ3) is 3.84. The van der Waals surface area contributed by atoms with E-state index in [0.717, 1.165) is 18.6 Å². The molecule has 1 aromatic rings. The molecule has 8 nitrogen and oxygen atoms in total. The molecule has 2 amide bonds. The van der Waals surface area contributed by atoms with Gasteiger partial charge in [0, 0.05) is 25.9 Å². The highest BCUT2D eigenvalue weighted by Crippen LogP contribution is 2.25. The standard InChI is InChI=1S/C17H21N5O3/c1-11(23)22-9-7-12(8-10-22)15-16(17(24)21-19-15)20-18-13-3-5-14(25-2)6-4-13/h3-6,12,16H,7-10H2,1-2H3,(H,21,24). The van der Waals surface area contributed by atoms with Gasteiger partial charge in [-0.3, -0.25) is 9.59 Å². The van der Waals surface area contributed by atoms with Crippen LogP contribution in [0.15, 0.2) is 39.6 Å². The molecule has 3 rings (SSSR count). The predicted octanol–water partition coefficient (Wildman–Crippen LogP) is 1.89. The van der Waals surface area contributed by atoms with Crippen molar-refractivity contribution in [1.82, 2.24) is 10.3 Å². The van der Waals surface area contributed by atoms with Crippen molar-refractivity contribution in [2.45, 2.75) is 25.8 Å². The van der Waals surface area contributed by atoms with Gasteiger partial charge < -0.3 is 9.64 Å². The maximum Gasteiger partial charge on any atom is 0.272 e. The molecule has 1 unspecified atom stereocenters. The number of carbonyl (C=O) groups is 2. The van der Waals surface area contributed by atoms with Gasteiger partial charge in [-0.05, 0) is 37.1 Å². The van der Waals surface area contributed by atoms with Crippen molar-refractivity contribution in [1.29, 1.82) is 0 Å². The van der Waals surface area contributed by atoms with E-state index in [4.69, 9.17) is 4.74 Å². The Kier molecular flexibility index (Phi) is 5.06. The van der Waals surface area contributed by atoms with E-state index in [-0.39, 0.29) is 17.7 Å². The molecular formula is C17H21N5O3. The number of azo groups is 1. The van der Waals surface area contributed by atoms with Gasteiger partial charge in [0.1, 0.15) is 5.75 Å². The molecule has 0 saturated carbocycles. The summed E-state index contributed by atoms with van der Waals surface area (Å²) in [6.45, 7) is 2.93. The third-order valence-electron chi connectivity index (χ3n) is 4.54. The van der Waals surface area contributed by atoms with E-state index in [1.54, 1.807) is 38.3 Å². The van der Waals surface area contributed by atoms with Crippen LogP contribution in [-0.4, -0.2) is 48.7 Å². The molecule has 1 fully saturated rings. The number of rotatable bonds is 4. The van der Waals surface area contributed by atoms with Crippen molar-refractivity contribution in [3.8, 4) is 5.75 Å². The summed E-state index contributed by atoms with van der Waals surface area (Å²) in [4.78, 5) is 25.3. The Labute approximate surface area is 145 Å². The summed E-state index contributed by atoms with van der Waals surface area (Å²) in [5.41, 5.74) is 3.86. The number of hydrogen-bond acceptors (Lipinski definition) is 6. The fourth-order valence-electron chi connectivity index (χ4n) is 3.07. The number of piperidine rings is 1. The number of carbonyl (C=O) groups excluding carboxylic acids is 2. The van der Waals surface area contributed by atoms with Crippen LogP contribution in [0.3, 0.4) is 0 Å². The number of hydrogen-bond donors (Lipinski definition) is 1. The summed E-state index contributed by atoms with van der Waals surface area (Å²) in [5, 5.41) is 12.5. The predicted molar refractivity (Wildman–Crippen MR) is 91.9 cm³/mol. The maximum absolute atomic E-state index is 12.1. The number of nitrogens with zero attached hydrogens (tertiary/aromatic N) is 4. The number of ether oxygens (including phenoxy) is 1. The third-order valence-corrected chi connectivity index (χ3v) is 4.54. The summed E-state index contributed by atoms with van der Waals surface area (Å²) in [6, 6.07) is 6.43. The molecule has 8 heteroatoms. The molecule has 132 valence electrons. The summed E-state index contributed by atoms with van der Waals surface area (Å²) in [7, 11) is 1.60. The van der Waals surface area contributed by atoms with Crippen molar-refractivity contribution in [2.75, 3.05) is 20.2 Å². The van der Waals surface area contributed by atoms with Crippen LogP contribution >= 0.6 is 0 Å². The smallest absolute Gasteiger partial charge is 0.272 e. The lowest BCUT2D eigenvalue weighted by Gasteiger charge is -2.31. The number of likely N-dealkylation sites (tertiary alicyclic amines) is 1. The molecular weight excluding hydrogens is 322 g/mol. The first-order chi connectivity index (χ1) is 12.1. The Hall–Kier alpha value is -2.77. The maximum atomic E-state index is 12.1. The van der Waals surface area contributed by atoms with Gasteiger partial charge in [0.15, 0.2) is 6.04 Å². The van der Waals surface area contributed by atoms with Gasteiger partial charge in [0.2, 0.25) is 5.91 Å². The average molecular weight is 343 g/mol. The van der Waals surface area contributed by atoms with E-state index in [0.29, 0.717) is 24.5 Å². The molecule has 0 bridgehead atoms. The van der Waals surface area contributed by atoms with E-state index in [1.165, 1.54) is 0 Å². The summed E-state index contributed by atoms with van der Waals surface area (Å²) >= 11 is 0. The first kappa shape index (κ1) is 17.1. The molecule has 25 heavy (non-hydrogen) atoms. The molecule has 1 aromatic carbocycles.